The summed E-state index contributed by atoms with van der Waals surface area (Å²) in [5, 5.41) is 9.23. The van der Waals surface area contributed by atoms with Crippen molar-refractivity contribution in [3.63, 3.8) is 0 Å². The van der Waals surface area contributed by atoms with Crippen molar-refractivity contribution in [3.8, 4) is 5.75 Å². The fourth-order valence-corrected chi connectivity index (χ4v) is 1.33. The molecule has 1 rings (SSSR count). The third-order valence-corrected chi connectivity index (χ3v) is 2.00. The van der Waals surface area contributed by atoms with Gasteiger partial charge in [0, 0.05) is 6.04 Å². The van der Waals surface area contributed by atoms with Crippen molar-refractivity contribution >= 4 is 0 Å². The average molecular weight is 165 g/mol. The number of hydrogen-bond acceptors (Lipinski definition) is 2. The second-order valence-corrected chi connectivity index (χ2v) is 3.03. The first-order valence-electron chi connectivity index (χ1n) is 4.22. The van der Waals surface area contributed by atoms with Gasteiger partial charge in [-0.3, -0.25) is 0 Å². The van der Waals surface area contributed by atoms with Crippen molar-refractivity contribution in [2.24, 2.45) is 5.73 Å². The Morgan fingerprint density at radius 1 is 1.50 bits per heavy atom. The second kappa shape index (κ2) is 3.59. The van der Waals surface area contributed by atoms with Crippen LogP contribution in [0.25, 0.3) is 0 Å². The molecule has 0 aliphatic rings. The summed E-state index contributed by atoms with van der Waals surface area (Å²) in [6.45, 7) is 4.01. The molecule has 0 spiro atoms. The van der Waals surface area contributed by atoms with Crippen LogP contribution in [0.15, 0.2) is 18.2 Å². The summed E-state index contributed by atoms with van der Waals surface area (Å²) in [5.74, 6) is 0.291. The van der Waals surface area contributed by atoms with Crippen LogP contribution in [0, 0.1) is 0 Å². The van der Waals surface area contributed by atoms with E-state index in [1.807, 2.05) is 13.0 Å². The van der Waals surface area contributed by atoms with Crippen LogP contribution in [0.2, 0.25) is 0 Å². The molecule has 0 saturated heterocycles. The van der Waals surface area contributed by atoms with E-state index < -0.39 is 0 Å². The molecule has 0 radical (unpaired) electrons. The van der Waals surface area contributed by atoms with Gasteiger partial charge in [0.2, 0.25) is 0 Å². The number of aromatic hydroxyl groups is 1. The Balaban J connectivity index is 3.12. The van der Waals surface area contributed by atoms with Crippen LogP contribution >= 0.6 is 0 Å². The monoisotopic (exact) mass is 165 g/mol. The summed E-state index contributed by atoms with van der Waals surface area (Å²) in [5.41, 5.74) is 8.00. The van der Waals surface area contributed by atoms with E-state index in [1.165, 1.54) is 5.56 Å². The number of benzene rings is 1. The summed E-state index contributed by atoms with van der Waals surface area (Å²) < 4.78 is 0. The van der Waals surface area contributed by atoms with Gasteiger partial charge in [-0.05, 0) is 36.6 Å². The number of hydrogen-bond donors (Lipinski definition) is 2. The van der Waals surface area contributed by atoms with E-state index in [1.54, 1.807) is 12.1 Å². The smallest absolute Gasteiger partial charge is 0.115 e. The van der Waals surface area contributed by atoms with Crippen LogP contribution in [0.1, 0.15) is 31.0 Å². The fraction of sp³-hybridized carbons (Fsp3) is 0.400. The lowest BCUT2D eigenvalue weighted by molar-refractivity contribution is 0.473. The Morgan fingerprint density at radius 2 is 2.17 bits per heavy atom. The highest BCUT2D eigenvalue weighted by atomic mass is 16.3. The quantitative estimate of drug-likeness (QED) is 0.703. The van der Waals surface area contributed by atoms with E-state index >= 15 is 0 Å². The normalized spacial score (nSPS) is 12.9. The third-order valence-electron chi connectivity index (χ3n) is 2.00. The standard InChI is InChI=1S/C10H15NO/c1-3-8-4-5-9(12)6-10(8)7(2)11/h4-7,12H,3,11H2,1-2H3/t7-/m1/s1. The van der Waals surface area contributed by atoms with E-state index in [0.717, 1.165) is 12.0 Å². The molecular weight excluding hydrogens is 150 g/mol. The molecule has 12 heavy (non-hydrogen) atoms. The lowest BCUT2D eigenvalue weighted by atomic mass is 10.00. The largest absolute Gasteiger partial charge is 0.508 e. The molecule has 1 aromatic rings. The van der Waals surface area contributed by atoms with Gasteiger partial charge in [-0.15, -0.1) is 0 Å². The first-order chi connectivity index (χ1) is 5.65. The molecule has 0 bridgehead atoms. The average Bonchev–Trinajstić information content (AvgIpc) is 2.04. The Kier molecular flexibility index (Phi) is 2.71. The Bertz CT molecular complexity index is 269. The molecule has 2 heteroatoms. The summed E-state index contributed by atoms with van der Waals surface area (Å²) >= 11 is 0. The van der Waals surface area contributed by atoms with Crippen molar-refractivity contribution in [2.45, 2.75) is 26.3 Å². The van der Waals surface area contributed by atoms with Crippen LogP contribution in [0.5, 0.6) is 5.75 Å². The zero-order valence-electron chi connectivity index (χ0n) is 7.54. The first-order valence-corrected chi connectivity index (χ1v) is 4.22. The molecule has 0 heterocycles. The minimum absolute atomic E-state index is 0.00736. The molecule has 3 N–H and O–H groups in total. The predicted molar refractivity (Wildman–Crippen MR) is 50.1 cm³/mol. The van der Waals surface area contributed by atoms with Crippen LogP contribution < -0.4 is 5.73 Å². The minimum atomic E-state index is -0.00736. The van der Waals surface area contributed by atoms with E-state index in [9.17, 15) is 5.11 Å². The van der Waals surface area contributed by atoms with Gasteiger partial charge in [0.15, 0.2) is 0 Å². The first kappa shape index (κ1) is 9.07. The van der Waals surface area contributed by atoms with Crippen molar-refractivity contribution < 1.29 is 5.11 Å². The van der Waals surface area contributed by atoms with Gasteiger partial charge in [-0.25, -0.2) is 0 Å². The molecule has 0 aliphatic heterocycles. The maximum atomic E-state index is 9.23. The number of phenols is 1. The molecule has 2 nitrogen and oxygen atoms in total. The molecule has 0 unspecified atom stereocenters. The van der Waals surface area contributed by atoms with Gasteiger partial charge in [0.25, 0.3) is 0 Å². The highest BCUT2D eigenvalue weighted by Gasteiger charge is 2.05. The Labute approximate surface area is 73.0 Å². The number of rotatable bonds is 2. The lowest BCUT2D eigenvalue weighted by Crippen LogP contribution is -2.07. The Hall–Kier alpha value is -1.02. The van der Waals surface area contributed by atoms with Crippen LogP contribution in [0.3, 0.4) is 0 Å². The SMILES string of the molecule is CCc1ccc(O)cc1[C@@H](C)N. The zero-order valence-corrected chi connectivity index (χ0v) is 7.54. The van der Waals surface area contributed by atoms with E-state index in [0.29, 0.717) is 5.75 Å². The highest BCUT2D eigenvalue weighted by Crippen LogP contribution is 2.21. The molecule has 0 aliphatic carbocycles. The maximum absolute atomic E-state index is 9.23. The van der Waals surface area contributed by atoms with Gasteiger partial charge in [0.05, 0.1) is 0 Å². The van der Waals surface area contributed by atoms with Crippen molar-refractivity contribution in [1.29, 1.82) is 0 Å². The number of aryl methyl sites for hydroxylation is 1. The van der Waals surface area contributed by atoms with Crippen molar-refractivity contribution in [1.82, 2.24) is 0 Å². The van der Waals surface area contributed by atoms with E-state index in [4.69, 9.17) is 5.73 Å². The molecule has 0 saturated carbocycles. The molecule has 0 aromatic heterocycles. The second-order valence-electron chi connectivity index (χ2n) is 3.03. The molecule has 0 fully saturated rings. The topological polar surface area (TPSA) is 46.2 Å². The van der Waals surface area contributed by atoms with Crippen LogP contribution in [-0.2, 0) is 6.42 Å². The molecular formula is C10H15NO. The van der Waals surface area contributed by atoms with Gasteiger partial charge >= 0.3 is 0 Å². The zero-order chi connectivity index (χ0) is 9.14. The van der Waals surface area contributed by atoms with E-state index in [2.05, 4.69) is 6.92 Å². The predicted octanol–water partition coefficient (Wildman–Crippen LogP) is 1.97. The van der Waals surface area contributed by atoms with Crippen molar-refractivity contribution in [3.05, 3.63) is 29.3 Å². The minimum Gasteiger partial charge on any atom is -0.508 e. The summed E-state index contributed by atoms with van der Waals surface area (Å²) in [6.07, 6.45) is 0.956. The number of phenolic OH excluding ortho intramolecular Hbond substituents is 1. The van der Waals surface area contributed by atoms with Gasteiger partial charge in [-0.2, -0.15) is 0 Å². The maximum Gasteiger partial charge on any atom is 0.115 e. The van der Waals surface area contributed by atoms with Gasteiger partial charge in [-0.1, -0.05) is 13.0 Å². The number of nitrogens with two attached hydrogens (primary N) is 1. The molecule has 0 amide bonds. The summed E-state index contributed by atoms with van der Waals surface area (Å²) in [6, 6.07) is 5.36. The fourth-order valence-electron chi connectivity index (χ4n) is 1.33. The lowest BCUT2D eigenvalue weighted by Gasteiger charge is -2.11. The van der Waals surface area contributed by atoms with Gasteiger partial charge in [0.1, 0.15) is 5.75 Å². The Morgan fingerprint density at radius 3 is 2.67 bits per heavy atom. The molecule has 1 aromatic carbocycles. The van der Waals surface area contributed by atoms with Gasteiger partial charge < -0.3 is 10.8 Å². The summed E-state index contributed by atoms with van der Waals surface area (Å²) in [4.78, 5) is 0. The van der Waals surface area contributed by atoms with E-state index in [-0.39, 0.29) is 6.04 Å². The van der Waals surface area contributed by atoms with Crippen LogP contribution in [-0.4, -0.2) is 5.11 Å². The molecule has 1 atom stereocenters. The summed E-state index contributed by atoms with van der Waals surface area (Å²) in [7, 11) is 0. The van der Waals surface area contributed by atoms with Crippen LogP contribution in [0.4, 0.5) is 0 Å². The highest BCUT2D eigenvalue weighted by molar-refractivity contribution is 5.36. The van der Waals surface area contributed by atoms with Crippen molar-refractivity contribution in [2.75, 3.05) is 0 Å². The molecule has 66 valence electrons. The third kappa shape index (κ3) is 1.77.